The maximum absolute atomic E-state index is 13.0. The number of aromatic nitrogens is 3. The van der Waals surface area contributed by atoms with E-state index in [0.717, 1.165) is 5.56 Å². The Balaban J connectivity index is 1.71. The van der Waals surface area contributed by atoms with Gasteiger partial charge in [-0.3, -0.25) is 9.78 Å². The summed E-state index contributed by atoms with van der Waals surface area (Å²) in [7, 11) is 0. The molecule has 1 aromatic carbocycles. The number of pyridine rings is 1. The van der Waals surface area contributed by atoms with Gasteiger partial charge in [0.1, 0.15) is 12.1 Å². The normalized spacial score (nSPS) is 10.3. The SMILES string of the molecule is O=C(NCc1cc(-c2ccc(F)cc2)ncn1)c1cccnc1. The first-order valence-corrected chi connectivity index (χ1v) is 6.97. The van der Waals surface area contributed by atoms with Crippen molar-refractivity contribution in [3.63, 3.8) is 0 Å². The minimum absolute atomic E-state index is 0.222. The quantitative estimate of drug-likeness (QED) is 0.804. The van der Waals surface area contributed by atoms with Crippen LogP contribution in [-0.4, -0.2) is 20.9 Å². The van der Waals surface area contributed by atoms with Crippen molar-refractivity contribution in [1.82, 2.24) is 20.3 Å². The van der Waals surface area contributed by atoms with Gasteiger partial charge in [-0.2, -0.15) is 0 Å². The molecule has 0 bridgehead atoms. The van der Waals surface area contributed by atoms with E-state index in [1.54, 1.807) is 36.5 Å². The zero-order valence-electron chi connectivity index (χ0n) is 12.1. The number of benzene rings is 1. The van der Waals surface area contributed by atoms with Gasteiger partial charge in [0, 0.05) is 18.0 Å². The van der Waals surface area contributed by atoms with Crippen molar-refractivity contribution < 1.29 is 9.18 Å². The lowest BCUT2D eigenvalue weighted by Crippen LogP contribution is -2.23. The molecule has 0 saturated carbocycles. The van der Waals surface area contributed by atoms with E-state index < -0.39 is 0 Å². The smallest absolute Gasteiger partial charge is 0.253 e. The summed E-state index contributed by atoms with van der Waals surface area (Å²) in [6.45, 7) is 0.268. The topological polar surface area (TPSA) is 67.8 Å². The molecule has 3 aromatic rings. The van der Waals surface area contributed by atoms with Gasteiger partial charge in [0.25, 0.3) is 5.91 Å². The zero-order chi connectivity index (χ0) is 16.1. The highest BCUT2D eigenvalue weighted by Crippen LogP contribution is 2.17. The summed E-state index contributed by atoms with van der Waals surface area (Å²) in [6.07, 6.45) is 4.53. The Hall–Kier alpha value is -3.15. The van der Waals surface area contributed by atoms with E-state index in [9.17, 15) is 9.18 Å². The standard InChI is InChI=1S/C17H13FN4O/c18-14-5-3-12(4-6-14)16-8-15(21-11-22-16)10-20-17(23)13-2-1-7-19-9-13/h1-9,11H,10H2,(H,20,23). The van der Waals surface area contributed by atoms with Crippen LogP contribution in [0.4, 0.5) is 4.39 Å². The lowest BCUT2D eigenvalue weighted by atomic mass is 10.1. The van der Waals surface area contributed by atoms with Crippen LogP contribution in [0.5, 0.6) is 0 Å². The van der Waals surface area contributed by atoms with Gasteiger partial charge in [-0.15, -0.1) is 0 Å². The van der Waals surface area contributed by atoms with Gasteiger partial charge < -0.3 is 5.32 Å². The largest absolute Gasteiger partial charge is 0.346 e. The molecule has 0 fully saturated rings. The fraction of sp³-hybridized carbons (Fsp3) is 0.0588. The van der Waals surface area contributed by atoms with E-state index in [4.69, 9.17) is 0 Å². The molecule has 0 aliphatic heterocycles. The number of amides is 1. The van der Waals surface area contributed by atoms with Crippen LogP contribution in [0.25, 0.3) is 11.3 Å². The average molecular weight is 308 g/mol. The molecule has 23 heavy (non-hydrogen) atoms. The summed E-state index contributed by atoms with van der Waals surface area (Å²) in [6, 6.07) is 11.2. The lowest BCUT2D eigenvalue weighted by molar-refractivity contribution is 0.0950. The van der Waals surface area contributed by atoms with Crippen molar-refractivity contribution in [3.8, 4) is 11.3 Å². The van der Waals surface area contributed by atoms with Crippen LogP contribution >= 0.6 is 0 Å². The molecule has 0 saturated heterocycles. The van der Waals surface area contributed by atoms with Crippen molar-refractivity contribution in [2.45, 2.75) is 6.54 Å². The molecule has 0 aliphatic carbocycles. The molecule has 0 atom stereocenters. The Morgan fingerprint density at radius 1 is 1.13 bits per heavy atom. The number of carbonyl (C=O) groups excluding carboxylic acids is 1. The number of nitrogens with one attached hydrogen (secondary N) is 1. The van der Waals surface area contributed by atoms with Crippen LogP contribution < -0.4 is 5.32 Å². The maximum Gasteiger partial charge on any atom is 0.253 e. The number of hydrogen-bond donors (Lipinski definition) is 1. The van der Waals surface area contributed by atoms with E-state index in [2.05, 4.69) is 20.3 Å². The highest BCUT2D eigenvalue weighted by Gasteiger charge is 2.07. The Bertz CT molecular complexity index is 806. The highest BCUT2D eigenvalue weighted by molar-refractivity contribution is 5.93. The molecule has 0 radical (unpaired) electrons. The first-order valence-electron chi connectivity index (χ1n) is 6.97. The van der Waals surface area contributed by atoms with E-state index >= 15 is 0 Å². The molecule has 5 nitrogen and oxygen atoms in total. The second-order valence-electron chi connectivity index (χ2n) is 4.83. The van der Waals surface area contributed by atoms with Crippen molar-refractivity contribution in [3.05, 3.63) is 78.3 Å². The number of halogens is 1. The molecule has 0 unspecified atom stereocenters. The predicted octanol–water partition coefficient (Wildman–Crippen LogP) is 2.61. The summed E-state index contributed by atoms with van der Waals surface area (Å²) in [4.78, 5) is 24.2. The van der Waals surface area contributed by atoms with Gasteiger partial charge in [-0.25, -0.2) is 14.4 Å². The molecular weight excluding hydrogens is 295 g/mol. The van der Waals surface area contributed by atoms with Gasteiger partial charge in [0.05, 0.1) is 23.5 Å². The molecule has 2 aromatic heterocycles. The van der Waals surface area contributed by atoms with Gasteiger partial charge >= 0.3 is 0 Å². The van der Waals surface area contributed by atoms with Crippen LogP contribution in [0.2, 0.25) is 0 Å². The molecule has 1 amide bonds. The van der Waals surface area contributed by atoms with Crippen LogP contribution in [0.1, 0.15) is 16.1 Å². The third-order valence-electron chi connectivity index (χ3n) is 3.22. The summed E-state index contributed by atoms with van der Waals surface area (Å²) in [5.41, 5.74) is 2.61. The molecule has 0 aliphatic rings. The van der Waals surface area contributed by atoms with Crippen LogP contribution in [0, 0.1) is 5.82 Å². The molecule has 2 heterocycles. The average Bonchev–Trinajstić information content (AvgIpc) is 2.61. The van der Waals surface area contributed by atoms with Crippen molar-refractivity contribution >= 4 is 5.91 Å². The first-order chi connectivity index (χ1) is 11.2. The summed E-state index contributed by atoms with van der Waals surface area (Å²) in [5, 5.41) is 2.77. The van der Waals surface area contributed by atoms with Gasteiger partial charge in [-0.1, -0.05) is 0 Å². The monoisotopic (exact) mass is 308 g/mol. The number of carbonyl (C=O) groups is 1. The second-order valence-corrected chi connectivity index (χ2v) is 4.83. The summed E-state index contributed by atoms with van der Waals surface area (Å²) >= 11 is 0. The van der Waals surface area contributed by atoms with Gasteiger partial charge in [-0.05, 0) is 42.5 Å². The van der Waals surface area contributed by atoms with E-state index in [1.165, 1.54) is 24.7 Å². The predicted molar refractivity (Wildman–Crippen MR) is 82.8 cm³/mol. The number of nitrogens with zero attached hydrogens (tertiary/aromatic N) is 3. The van der Waals surface area contributed by atoms with E-state index in [0.29, 0.717) is 17.0 Å². The fourth-order valence-electron chi connectivity index (χ4n) is 2.04. The third kappa shape index (κ3) is 3.74. The Labute approximate surface area is 132 Å². The van der Waals surface area contributed by atoms with Crippen molar-refractivity contribution in [2.75, 3.05) is 0 Å². The van der Waals surface area contributed by atoms with Crippen LogP contribution in [0.3, 0.4) is 0 Å². The molecule has 0 spiro atoms. The molecule has 114 valence electrons. The van der Waals surface area contributed by atoms with Crippen molar-refractivity contribution in [1.29, 1.82) is 0 Å². The minimum Gasteiger partial charge on any atom is -0.346 e. The van der Waals surface area contributed by atoms with Crippen LogP contribution in [-0.2, 0) is 6.54 Å². The number of rotatable bonds is 4. The van der Waals surface area contributed by atoms with E-state index in [-0.39, 0.29) is 18.3 Å². The van der Waals surface area contributed by atoms with E-state index in [1.807, 2.05) is 0 Å². The number of hydrogen-bond acceptors (Lipinski definition) is 4. The Kier molecular flexibility index (Phi) is 4.33. The Morgan fingerprint density at radius 3 is 2.70 bits per heavy atom. The van der Waals surface area contributed by atoms with Gasteiger partial charge in [0.15, 0.2) is 0 Å². The Morgan fingerprint density at radius 2 is 1.96 bits per heavy atom. The molecular formula is C17H13FN4O. The zero-order valence-corrected chi connectivity index (χ0v) is 12.1. The van der Waals surface area contributed by atoms with Crippen LogP contribution in [0.15, 0.2) is 61.2 Å². The second kappa shape index (κ2) is 6.74. The fourth-order valence-corrected chi connectivity index (χ4v) is 2.04. The maximum atomic E-state index is 13.0. The summed E-state index contributed by atoms with van der Waals surface area (Å²) in [5.74, 6) is -0.521. The highest BCUT2D eigenvalue weighted by atomic mass is 19.1. The summed E-state index contributed by atoms with van der Waals surface area (Å²) < 4.78 is 13.0. The van der Waals surface area contributed by atoms with Gasteiger partial charge in [0.2, 0.25) is 0 Å². The molecule has 3 rings (SSSR count). The molecule has 1 N–H and O–H groups in total. The molecule has 6 heteroatoms. The van der Waals surface area contributed by atoms with Crippen molar-refractivity contribution in [2.24, 2.45) is 0 Å². The first kappa shape index (κ1) is 14.8. The lowest BCUT2D eigenvalue weighted by Gasteiger charge is -2.06. The third-order valence-corrected chi connectivity index (χ3v) is 3.22. The minimum atomic E-state index is -0.299.